The van der Waals surface area contributed by atoms with E-state index in [9.17, 15) is 9.59 Å². The average Bonchev–Trinajstić information content (AvgIpc) is 3.04. The summed E-state index contributed by atoms with van der Waals surface area (Å²) in [4.78, 5) is 21.0. The number of ether oxygens (including phenoxy) is 2. The van der Waals surface area contributed by atoms with Crippen molar-refractivity contribution in [3.8, 4) is 0 Å². The van der Waals surface area contributed by atoms with Gasteiger partial charge in [0.05, 0.1) is 20.3 Å². The fraction of sp³-hybridized carbons (Fsp3) is 0.235. The second-order valence-corrected chi connectivity index (χ2v) is 9.61. The maximum Gasteiger partial charge on any atom is 0.407 e. The Hall–Kier alpha value is -4.13. The zero-order valence-electron chi connectivity index (χ0n) is 23.9. The number of benzene rings is 4. The van der Waals surface area contributed by atoms with Gasteiger partial charge in [0.2, 0.25) is 0 Å². The lowest BCUT2D eigenvalue weighted by molar-refractivity contribution is 0.165. The first kappa shape index (κ1) is 33.1. The Labute approximate surface area is 248 Å². The van der Waals surface area contributed by atoms with Gasteiger partial charge in [-0.3, -0.25) is 0 Å². The Balaban J connectivity index is 0.000000251. The molecule has 6 nitrogen and oxygen atoms in total. The van der Waals surface area contributed by atoms with Crippen molar-refractivity contribution in [2.24, 2.45) is 5.73 Å². The minimum absolute atomic E-state index is 0.0589. The van der Waals surface area contributed by atoms with Crippen molar-refractivity contribution < 1.29 is 19.1 Å². The van der Waals surface area contributed by atoms with Crippen LogP contribution in [-0.2, 0) is 9.47 Å². The highest BCUT2D eigenvalue weighted by Crippen LogP contribution is 2.30. The summed E-state index contributed by atoms with van der Waals surface area (Å²) in [5.74, 6) is 0.487. The summed E-state index contributed by atoms with van der Waals surface area (Å²) in [7, 11) is 2.60. The smallest absolute Gasteiger partial charge is 0.407 e. The van der Waals surface area contributed by atoms with Gasteiger partial charge in [0, 0.05) is 29.5 Å². The van der Waals surface area contributed by atoms with E-state index in [0.29, 0.717) is 5.92 Å². The predicted octanol–water partition coefficient (Wildman–Crippen LogP) is 8.37. The van der Waals surface area contributed by atoms with Crippen molar-refractivity contribution in [2.45, 2.75) is 37.8 Å². The quantitative estimate of drug-likeness (QED) is 0.216. The minimum Gasteiger partial charge on any atom is -0.457 e. The standard InChI is InChI=1S/C17H19NO2.C15H17N.C2H3ClO2/c1-13(14-9-5-3-6-10-14)16(18-17(19)20-2)15-11-7-4-8-12-15;1-12(13-8-4-2-5-9-13)15(16)14-10-6-3-7-11-14;1-5-2(3)4/h3-13,16H,1-2H3,(H,18,19);2-12,15H,16H2,1H3;1H3/t13-,16+;12-,15+;/m11./s1. The molecule has 4 aromatic rings. The number of amides is 1. The normalized spacial score (nSPS) is 12.9. The van der Waals surface area contributed by atoms with Gasteiger partial charge in [-0.2, -0.15) is 0 Å². The van der Waals surface area contributed by atoms with Gasteiger partial charge in [-0.05, 0) is 22.3 Å². The van der Waals surface area contributed by atoms with Crippen molar-refractivity contribution in [1.82, 2.24) is 5.32 Å². The van der Waals surface area contributed by atoms with E-state index >= 15 is 0 Å². The summed E-state index contributed by atoms with van der Waals surface area (Å²) in [6.07, 6.45) is -0.415. The molecule has 1 amide bonds. The molecule has 0 radical (unpaired) electrons. The fourth-order valence-corrected chi connectivity index (χ4v) is 4.22. The molecule has 0 aromatic heterocycles. The summed E-state index contributed by atoms with van der Waals surface area (Å²) < 4.78 is 8.61. The first-order chi connectivity index (χ1) is 19.8. The molecule has 3 N–H and O–H groups in total. The molecule has 0 spiro atoms. The number of methoxy groups -OCH3 is 2. The molecule has 4 atom stereocenters. The Morgan fingerprint density at radius 3 is 1.32 bits per heavy atom. The van der Waals surface area contributed by atoms with Crippen molar-refractivity contribution in [3.63, 3.8) is 0 Å². The Bertz CT molecular complexity index is 1230. The fourth-order valence-electron chi connectivity index (χ4n) is 4.22. The molecular weight excluding hydrogens is 536 g/mol. The van der Waals surface area contributed by atoms with Crippen LogP contribution in [0.2, 0.25) is 0 Å². The largest absolute Gasteiger partial charge is 0.457 e. The molecule has 0 bridgehead atoms. The molecule has 0 saturated heterocycles. The molecule has 0 fully saturated rings. The summed E-state index contributed by atoms with van der Waals surface area (Å²) in [6.45, 7) is 4.27. The van der Waals surface area contributed by atoms with Crippen LogP contribution in [-0.4, -0.2) is 25.7 Å². The molecule has 4 rings (SSSR count). The van der Waals surface area contributed by atoms with Crippen molar-refractivity contribution in [2.75, 3.05) is 14.2 Å². The van der Waals surface area contributed by atoms with Crippen LogP contribution < -0.4 is 11.1 Å². The van der Waals surface area contributed by atoms with Crippen LogP contribution in [0, 0.1) is 0 Å². The van der Waals surface area contributed by atoms with E-state index < -0.39 is 11.5 Å². The first-order valence-electron chi connectivity index (χ1n) is 13.3. The number of carbonyl (C=O) groups is 2. The van der Waals surface area contributed by atoms with Crippen LogP contribution in [0.3, 0.4) is 0 Å². The van der Waals surface area contributed by atoms with Gasteiger partial charge in [0.25, 0.3) is 0 Å². The minimum atomic E-state index is -0.773. The Kier molecular flexibility index (Phi) is 14.7. The number of rotatable bonds is 7. The molecule has 4 aromatic carbocycles. The molecule has 0 aliphatic rings. The topological polar surface area (TPSA) is 90.6 Å². The maximum atomic E-state index is 11.6. The lowest BCUT2D eigenvalue weighted by Crippen LogP contribution is -2.31. The number of nitrogens with one attached hydrogen (secondary N) is 1. The predicted molar refractivity (Wildman–Crippen MR) is 166 cm³/mol. The second kappa shape index (κ2) is 18.3. The number of alkyl carbamates (subject to hydrolysis) is 1. The van der Waals surface area contributed by atoms with E-state index in [2.05, 4.69) is 84.0 Å². The van der Waals surface area contributed by atoms with Gasteiger partial charge in [-0.1, -0.05) is 135 Å². The molecule has 0 unspecified atom stereocenters. The molecule has 0 heterocycles. The van der Waals surface area contributed by atoms with Crippen molar-refractivity contribution in [1.29, 1.82) is 0 Å². The van der Waals surface area contributed by atoms with Crippen LogP contribution in [0.4, 0.5) is 9.59 Å². The van der Waals surface area contributed by atoms with Crippen molar-refractivity contribution in [3.05, 3.63) is 144 Å². The summed E-state index contributed by atoms with van der Waals surface area (Å²) in [6, 6.07) is 40.7. The summed E-state index contributed by atoms with van der Waals surface area (Å²) in [5.41, 5.74) is 10.2. The van der Waals surface area contributed by atoms with Crippen molar-refractivity contribution >= 4 is 23.1 Å². The van der Waals surface area contributed by atoms with Crippen LogP contribution in [0.15, 0.2) is 121 Å². The van der Waals surface area contributed by atoms with Gasteiger partial charge in [-0.25, -0.2) is 9.59 Å². The average molecular weight is 575 g/mol. The van der Waals surface area contributed by atoms with Crippen LogP contribution >= 0.6 is 11.6 Å². The van der Waals surface area contributed by atoms with E-state index in [0.717, 1.165) is 5.56 Å². The first-order valence-corrected chi connectivity index (χ1v) is 13.7. The van der Waals surface area contributed by atoms with Crippen LogP contribution in [0.25, 0.3) is 0 Å². The number of hydrogen-bond donors (Lipinski definition) is 2. The Morgan fingerprint density at radius 1 is 0.610 bits per heavy atom. The third-order valence-electron chi connectivity index (χ3n) is 6.65. The lowest BCUT2D eigenvalue weighted by atomic mass is 9.88. The zero-order chi connectivity index (χ0) is 30.0. The van der Waals surface area contributed by atoms with E-state index in [4.69, 9.17) is 10.5 Å². The number of carbonyl (C=O) groups excluding carboxylic acids is 2. The third kappa shape index (κ3) is 11.5. The summed E-state index contributed by atoms with van der Waals surface area (Å²) in [5, 5.41) is 2.92. The zero-order valence-corrected chi connectivity index (χ0v) is 24.7. The molecular formula is C34H39ClN2O4. The van der Waals surface area contributed by atoms with Crippen LogP contribution in [0.5, 0.6) is 0 Å². The molecule has 0 aliphatic carbocycles. The summed E-state index contributed by atoms with van der Waals surface area (Å²) >= 11 is 4.60. The SMILES string of the molecule is COC(=O)Cl.COC(=O)N[C@H](c1ccccc1)[C@H](C)c1ccccc1.C[C@H](c1ccccc1)[C@H](N)c1ccccc1. The van der Waals surface area contributed by atoms with E-state index in [-0.39, 0.29) is 18.0 Å². The van der Waals surface area contributed by atoms with Gasteiger partial charge in [0.1, 0.15) is 0 Å². The van der Waals surface area contributed by atoms with Gasteiger partial charge in [-0.15, -0.1) is 0 Å². The van der Waals surface area contributed by atoms with E-state index in [1.165, 1.54) is 30.9 Å². The van der Waals surface area contributed by atoms with Gasteiger partial charge < -0.3 is 20.5 Å². The number of hydrogen-bond acceptors (Lipinski definition) is 5. The third-order valence-corrected chi connectivity index (χ3v) is 6.81. The molecule has 216 valence electrons. The highest BCUT2D eigenvalue weighted by molar-refractivity contribution is 6.61. The van der Waals surface area contributed by atoms with E-state index in [1.54, 1.807) is 0 Å². The highest BCUT2D eigenvalue weighted by atomic mass is 35.5. The maximum absolute atomic E-state index is 11.6. The number of halogens is 1. The Morgan fingerprint density at radius 2 is 0.951 bits per heavy atom. The molecule has 7 heteroatoms. The monoisotopic (exact) mass is 574 g/mol. The molecule has 0 saturated carbocycles. The second-order valence-electron chi connectivity index (χ2n) is 9.30. The molecule has 0 aliphatic heterocycles. The van der Waals surface area contributed by atoms with Crippen LogP contribution in [0.1, 0.15) is 60.0 Å². The van der Waals surface area contributed by atoms with Gasteiger partial charge in [0.15, 0.2) is 0 Å². The molecule has 41 heavy (non-hydrogen) atoms. The van der Waals surface area contributed by atoms with E-state index in [1.807, 2.05) is 72.8 Å². The highest BCUT2D eigenvalue weighted by Gasteiger charge is 2.23. The lowest BCUT2D eigenvalue weighted by Gasteiger charge is -2.25. The van der Waals surface area contributed by atoms with Gasteiger partial charge >= 0.3 is 11.5 Å². The number of nitrogens with two attached hydrogens (primary N) is 1.